The maximum atomic E-state index is 12.2. The molecule has 0 aromatic carbocycles. The first kappa shape index (κ1) is 18.5. The molecule has 1 N–H and O–H groups in total. The minimum Gasteiger partial charge on any atom is -0.444 e. The first-order valence-electron chi connectivity index (χ1n) is 9.34. The van der Waals surface area contributed by atoms with Crippen LogP contribution in [0.5, 0.6) is 0 Å². The molecule has 0 radical (unpaired) electrons. The van der Waals surface area contributed by atoms with Crippen LogP contribution in [0.1, 0.15) is 59.8 Å². The van der Waals surface area contributed by atoms with Crippen molar-refractivity contribution >= 4 is 6.09 Å². The Kier molecular flexibility index (Phi) is 6.72. The molecule has 0 bridgehead atoms. The number of hydrogen-bond donors (Lipinski definition) is 1. The second kappa shape index (κ2) is 8.34. The standard InChI is InChI=1S/C18H35N3O2/c1-5-20-11-7-9-16(20)14-19-15-8-6-12-21(13-10-15)17(22)23-18(2,3)4/h15-16,19H,5-14H2,1-4H3. The molecule has 2 rings (SSSR count). The average Bonchev–Trinajstić information content (AvgIpc) is 2.79. The van der Waals surface area contributed by atoms with Crippen LogP contribution in [-0.2, 0) is 4.74 Å². The van der Waals surface area contributed by atoms with Crippen molar-refractivity contribution in [1.82, 2.24) is 15.1 Å². The van der Waals surface area contributed by atoms with E-state index in [-0.39, 0.29) is 6.09 Å². The summed E-state index contributed by atoms with van der Waals surface area (Å²) in [6.07, 6.45) is 5.72. The number of ether oxygens (including phenoxy) is 1. The van der Waals surface area contributed by atoms with Crippen molar-refractivity contribution in [3.63, 3.8) is 0 Å². The highest BCUT2D eigenvalue weighted by atomic mass is 16.6. The lowest BCUT2D eigenvalue weighted by atomic mass is 10.1. The Labute approximate surface area is 141 Å². The predicted octanol–water partition coefficient (Wildman–Crippen LogP) is 2.85. The molecule has 0 saturated carbocycles. The highest BCUT2D eigenvalue weighted by Crippen LogP contribution is 2.18. The fraction of sp³-hybridized carbons (Fsp3) is 0.944. The van der Waals surface area contributed by atoms with E-state index in [1.54, 1.807) is 0 Å². The maximum absolute atomic E-state index is 12.2. The number of likely N-dealkylation sites (tertiary alicyclic amines) is 2. The van der Waals surface area contributed by atoms with Gasteiger partial charge in [-0.1, -0.05) is 6.92 Å². The summed E-state index contributed by atoms with van der Waals surface area (Å²) in [6.45, 7) is 13.1. The number of amides is 1. The molecule has 2 aliphatic rings. The third kappa shape index (κ3) is 5.96. The Morgan fingerprint density at radius 1 is 1.13 bits per heavy atom. The number of hydrogen-bond acceptors (Lipinski definition) is 4. The topological polar surface area (TPSA) is 44.8 Å². The fourth-order valence-electron chi connectivity index (χ4n) is 3.65. The number of rotatable bonds is 4. The van der Waals surface area contributed by atoms with E-state index in [9.17, 15) is 4.79 Å². The second-order valence-electron chi connectivity index (χ2n) is 7.93. The van der Waals surface area contributed by atoms with Crippen molar-refractivity contribution in [2.24, 2.45) is 0 Å². The first-order chi connectivity index (χ1) is 10.9. The molecule has 2 unspecified atom stereocenters. The highest BCUT2D eigenvalue weighted by Gasteiger charge is 2.27. The van der Waals surface area contributed by atoms with Crippen LogP contribution in [0, 0.1) is 0 Å². The van der Waals surface area contributed by atoms with E-state index in [4.69, 9.17) is 4.74 Å². The minimum absolute atomic E-state index is 0.161. The molecular formula is C18H35N3O2. The summed E-state index contributed by atoms with van der Waals surface area (Å²) in [6, 6.07) is 1.23. The summed E-state index contributed by atoms with van der Waals surface area (Å²) in [5, 5.41) is 3.76. The van der Waals surface area contributed by atoms with E-state index < -0.39 is 5.60 Å². The van der Waals surface area contributed by atoms with Gasteiger partial charge in [-0.15, -0.1) is 0 Å². The van der Waals surface area contributed by atoms with E-state index >= 15 is 0 Å². The number of carbonyl (C=O) groups is 1. The van der Waals surface area contributed by atoms with Gasteiger partial charge in [-0.25, -0.2) is 4.79 Å². The Morgan fingerprint density at radius 2 is 1.87 bits per heavy atom. The van der Waals surface area contributed by atoms with Crippen molar-refractivity contribution < 1.29 is 9.53 Å². The number of nitrogens with one attached hydrogen (secondary N) is 1. The van der Waals surface area contributed by atoms with Crippen LogP contribution in [0.25, 0.3) is 0 Å². The van der Waals surface area contributed by atoms with Crippen LogP contribution >= 0.6 is 0 Å². The van der Waals surface area contributed by atoms with Gasteiger partial charge >= 0.3 is 6.09 Å². The Balaban J connectivity index is 1.74. The zero-order chi connectivity index (χ0) is 16.9. The van der Waals surface area contributed by atoms with E-state index in [0.29, 0.717) is 12.1 Å². The van der Waals surface area contributed by atoms with Gasteiger partial charge < -0.3 is 15.0 Å². The van der Waals surface area contributed by atoms with Crippen LogP contribution in [-0.4, -0.2) is 66.3 Å². The summed E-state index contributed by atoms with van der Waals surface area (Å²) in [4.78, 5) is 16.7. The van der Waals surface area contributed by atoms with Gasteiger partial charge in [0.25, 0.3) is 0 Å². The summed E-state index contributed by atoms with van der Waals surface area (Å²) in [7, 11) is 0. The molecule has 5 nitrogen and oxygen atoms in total. The molecule has 0 aromatic heterocycles. The lowest BCUT2D eigenvalue weighted by Gasteiger charge is -2.27. The monoisotopic (exact) mass is 325 g/mol. The van der Waals surface area contributed by atoms with Crippen molar-refractivity contribution in [3.8, 4) is 0 Å². The van der Waals surface area contributed by atoms with Gasteiger partial charge in [0.05, 0.1) is 0 Å². The van der Waals surface area contributed by atoms with Gasteiger partial charge in [-0.2, -0.15) is 0 Å². The summed E-state index contributed by atoms with van der Waals surface area (Å²) >= 11 is 0. The largest absolute Gasteiger partial charge is 0.444 e. The SMILES string of the molecule is CCN1CCCC1CNC1CCCN(C(=O)OC(C)(C)C)CC1. The Morgan fingerprint density at radius 3 is 2.57 bits per heavy atom. The number of nitrogens with zero attached hydrogens (tertiary/aromatic N) is 2. The van der Waals surface area contributed by atoms with Crippen molar-refractivity contribution in [1.29, 1.82) is 0 Å². The summed E-state index contributed by atoms with van der Waals surface area (Å²) in [5.41, 5.74) is -0.410. The fourth-order valence-corrected chi connectivity index (χ4v) is 3.65. The summed E-state index contributed by atoms with van der Waals surface area (Å²) in [5.74, 6) is 0. The molecule has 2 heterocycles. The van der Waals surface area contributed by atoms with Crippen molar-refractivity contribution in [2.75, 3.05) is 32.7 Å². The van der Waals surface area contributed by atoms with Crippen LogP contribution in [0.2, 0.25) is 0 Å². The molecule has 0 spiro atoms. The number of likely N-dealkylation sites (N-methyl/N-ethyl adjacent to an activating group) is 1. The molecule has 0 aromatic rings. The molecule has 2 saturated heterocycles. The predicted molar refractivity (Wildman–Crippen MR) is 93.7 cm³/mol. The first-order valence-corrected chi connectivity index (χ1v) is 9.34. The normalized spacial score (nSPS) is 27.0. The average molecular weight is 325 g/mol. The van der Waals surface area contributed by atoms with Crippen LogP contribution in [0.15, 0.2) is 0 Å². The maximum Gasteiger partial charge on any atom is 0.410 e. The third-order valence-corrected chi connectivity index (χ3v) is 4.93. The second-order valence-corrected chi connectivity index (χ2v) is 7.93. The molecule has 2 fully saturated rings. The van der Waals surface area contributed by atoms with Gasteiger partial charge in [0, 0.05) is 31.7 Å². The number of carbonyl (C=O) groups excluding carboxylic acids is 1. The van der Waals surface area contributed by atoms with Crippen LogP contribution in [0.3, 0.4) is 0 Å². The van der Waals surface area contributed by atoms with Gasteiger partial charge in [-0.05, 0) is 66.0 Å². The van der Waals surface area contributed by atoms with E-state index in [0.717, 1.165) is 45.4 Å². The third-order valence-electron chi connectivity index (χ3n) is 4.93. The minimum atomic E-state index is -0.410. The molecule has 134 valence electrons. The van der Waals surface area contributed by atoms with E-state index in [1.807, 2.05) is 25.7 Å². The van der Waals surface area contributed by atoms with E-state index in [1.165, 1.54) is 19.4 Å². The zero-order valence-corrected chi connectivity index (χ0v) is 15.4. The van der Waals surface area contributed by atoms with Crippen LogP contribution in [0.4, 0.5) is 4.79 Å². The summed E-state index contributed by atoms with van der Waals surface area (Å²) < 4.78 is 5.50. The van der Waals surface area contributed by atoms with Gasteiger partial charge in [0.1, 0.15) is 5.60 Å². The molecule has 5 heteroatoms. The quantitative estimate of drug-likeness (QED) is 0.863. The Hall–Kier alpha value is -0.810. The Bertz CT molecular complexity index is 381. The molecule has 1 amide bonds. The van der Waals surface area contributed by atoms with E-state index in [2.05, 4.69) is 17.1 Å². The van der Waals surface area contributed by atoms with Crippen LogP contribution < -0.4 is 5.32 Å². The van der Waals surface area contributed by atoms with Gasteiger partial charge in [0.2, 0.25) is 0 Å². The smallest absolute Gasteiger partial charge is 0.410 e. The lowest BCUT2D eigenvalue weighted by molar-refractivity contribution is 0.0256. The lowest BCUT2D eigenvalue weighted by Crippen LogP contribution is -2.42. The van der Waals surface area contributed by atoms with Crippen molar-refractivity contribution in [3.05, 3.63) is 0 Å². The van der Waals surface area contributed by atoms with Gasteiger partial charge in [-0.3, -0.25) is 4.90 Å². The molecule has 2 aliphatic heterocycles. The molecule has 23 heavy (non-hydrogen) atoms. The molecule has 0 aliphatic carbocycles. The molecular weight excluding hydrogens is 290 g/mol. The zero-order valence-electron chi connectivity index (χ0n) is 15.4. The van der Waals surface area contributed by atoms with Crippen molar-refractivity contribution in [2.45, 2.75) is 77.5 Å². The highest BCUT2D eigenvalue weighted by molar-refractivity contribution is 5.68. The van der Waals surface area contributed by atoms with Gasteiger partial charge in [0.15, 0.2) is 0 Å². The molecule has 2 atom stereocenters.